The molecule has 0 aromatic carbocycles. The molecule has 0 aliphatic carbocycles. The van der Waals surface area contributed by atoms with Gasteiger partial charge < -0.3 is 0 Å². The van der Waals surface area contributed by atoms with Crippen molar-refractivity contribution in [3.05, 3.63) is 29.6 Å². The Morgan fingerprint density at radius 1 is 1.14 bits per heavy atom. The SMILES string of the molecule is CC(C)(C)C1CCN(Cc2ccc(C(F)(F)F)nc2)CC1. The first-order valence-corrected chi connectivity index (χ1v) is 7.41. The molecule has 0 unspecified atom stereocenters. The van der Waals surface area contributed by atoms with Gasteiger partial charge in [-0.15, -0.1) is 0 Å². The fourth-order valence-electron chi connectivity index (χ4n) is 2.90. The van der Waals surface area contributed by atoms with Gasteiger partial charge in [0.1, 0.15) is 5.69 Å². The van der Waals surface area contributed by atoms with E-state index < -0.39 is 11.9 Å². The molecule has 5 heteroatoms. The van der Waals surface area contributed by atoms with Crippen LogP contribution in [0.5, 0.6) is 0 Å². The van der Waals surface area contributed by atoms with E-state index in [-0.39, 0.29) is 0 Å². The highest BCUT2D eigenvalue weighted by molar-refractivity contribution is 5.16. The van der Waals surface area contributed by atoms with Crippen LogP contribution in [-0.2, 0) is 12.7 Å². The molecule has 0 atom stereocenters. The van der Waals surface area contributed by atoms with Gasteiger partial charge in [-0.25, -0.2) is 0 Å². The molecular weight excluding hydrogens is 277 g/mol. The van der Waals surface area contributed by atoms with E-state index in [0.717, 1.165) is 43.5 Å². The molecule has 1 aromatic rings. The lowest BCUT2D eigenvalue weighted by Crippen LogP contribution is -2.37. The summed E-state index contributed by atoms with van der Waals surface area (Å²) in [6.45, 7) is 9.50. The van der Waals surface area contributed by atoms with Crippen LogP contribution in [-0.4, -0.2) is 23.0 Å². The molecule has 21 heavy (non-hydrogen) atoms. The van der Waals surface area contributed by atoms with Crippen LogP contribution in [0, 0.1) is 11.3 Å². The van der Waals surface area contributed by atoms with Gasteiger partial charge in [0.15, 0.2) is 0 Å². The molecule has 1 aromatic heterocycles. The van der Waals surface area contributed by atoms with Gasteiger partial charge >= 0.3 is 6.18 Å². The molecule has 1 aliphatic rings. The predicted molar refractivity (Wildman–Crippen MR) is 76.7 cm³/mol. The van der Waals surface area contributed by atoms with Gasteiger partial charge in [-0.3, -0.25) is 9.88 Å². The van der Waals surface area contributed by atoms with Gasteiger partial charge in [-0.1, -0.05) is 26.8 Å². The number of alkyl halides is 3. The number of piperidine rings is 1. The maximum absolute atomic E-state index is 12.5. The van der Waals surface area contributed by atoms with Crippen LogP contribution in [0.25, 0.3) is 0 Å². The average Bonchev–Trinajstić information content (AvgIpc) is 2.38. The smallest absolute Gasteiger partial charge is 0.299 e. The van der Waals surface area contributed by atoms with Crippen molar-refractivity contribution in [2.75, 3.05) is 13.1 Å². The van der Waals surface area contributed by atoms with Gasteiger partial charge in [0.25, 0.3) is 0 Å². The molecule has 2 rings (SSSR count). The summed E-state index contributed by atoms with van der Waals surface area (Å²) in [6, 6.07) is 2.60. The summed E-state index contributed by atoms with van der Waals surface area (Å²) in [7, 11) is 0. The van der Waals surface area contributed by atoms with E-state index in [1.54, 1.807) is 0 Å². The molecule has 2 heterocycles. The van der Waals surface area contributed by atoms with E-state index in [0.29, 0.717) is 12.0 Å². The normalized spacial score (nSPS) is 19.0. The number of hydrogen-bond donors (Lipinski definition) is 0. The van der Waals surface area contributed by atoms with Crippen molar-refractivity contribution in [1.82, 2.24) is 9.88 Å². The molecule has 2 nitrogen and oxygen atoms in total. The largest absolute Gasteiger partial charge is 0.433 e. The third-order valence-electron chi connectivity index (χ3n) is 4.33. The number of hydrogen-bond acceptors (Lipinski definition) is 2. The summed E-state index contributed by atoms with van der Waals surface area (Å²) in [5.74, 6) is 0.722. The number of pyridine rings is 1. The molecule has 1 aliphatic heterocycles. The molecule has 118 valence electrons. The molecule has 0 saturated carbocycles. The van der Waals surface area contributed by atoms with E-state index in [1.807, 2.05) is 0 Å². The van der Waals surface area contributed by atoms with Crippen molar-refractivity contribution < 1.29 is 13.2 Å². The highest BCUT2D eigenvalue weighted by atomic mass is 19.4. The Hall–Kier alpha value is -1.10. The number of aromatic nitrogens is 1. The van der Waals surface area contributed by atoms with Crippen molar-refractivity contribution in [2.45, 2.75) is 46.3 Å². The van der Waals surface area contributed by atoms with Gasteiger partial charge in [-0.2, -0.15) is 13.2 Å². The van der Waals surface area contributed by atoms with Crippen molar-refractivity contribution in [2.24, 2.45) is 11.3 Å². The van der Waals surface area contributed by atoms with Gasteiger partial charge in [0, 0.05) is 12.7 Å². The Labute approximate surface area is 124 Å². The van der Waals surface area contributed by atoms with Crippen LogP contribution in [0.4, 0.5) is 13.2 Å². The van der Waals surface area contributed by atoms with E-state index in [4.69, 9.17) is 0 Å². The minimum Gasteiger partial charge on any atom is -0.299 e. The molecule has 1 saturated heterocycles. The van der Waals surface area contributed by atoms with Gasteiger partial charge in [-0.05, 0) is 48.9 Å². The number of nitrogens with zero attached hydrogens (tertiary/aromatic N) is 2. The lowest BCUT2D eigenvalue weighted by molar-refractivity contribution is -0.141. The van der Waals surface area contributed by atoms with Crippen LogP contribution >= 0.6 is 0 Å². The highest BCUT2D eigenvalue weighted by Crippen LogP contribution is 2.34. The second kappa shape index (κ2) is 5.95. The standard InChI is InChI=1S/C16H23F3N2/c1-15(2,3)13-6-8-21(9-7-13)11-12-4-5-14(20-10-12)16(17,18)19/h4-5,10,13H,6-9,11H2,1-3H3. The Morgan fingerprint density at radius 3 is 2.19 bits per heavy atom. The minimum atomic E-state index is -4.36. The van der Waals surface area contributed by atoms with Crippen LogP contribution in [0.1, 0.15) is 44.9 Å². The molecule has 0 spiro atoms. The number of likely N-dealkylation sites (tertiary alicyclic amines) is 1. The Balaban J connectivity index is 1.89. The maximum Gasteiger partial charge on any atom is 0.433 e. The summed E-state index contributed by atoms with van der Waals surface area (Å²) in [4.78, 5) is 5.82. The molecule has 1 fully saturated rings. The second-order valence-corrected chi connectivity index (χ2v) is 6.97. The Kier molecular flexibility index (Phi) is 4.61. The van der Waals surface area contributed by atoms with Crippen LogP contribution < -0.4 is 0 Å². The van der Waals surface area contributed by atoms with E-state index in [1.165, 1.54) is 12.3 Å². The molecule has 0 bridgehead atoms. The first-order valence-electron chi connectivity index (χ1n) is 7.41. The van der Waals surface area contributed by atoms with Crippen molar-refractivity contribution >= 4 is 0 Å². The third-order valence-corrected chi connectivity index (χ3v) is 4.33. The summed E-state index contributed by atoms with van der Waals surface area (Å²) in [5.41, 5.74) is 0.358. The molecule has 0 N–H and O–H groups in total. The van der Waals surface area contributed by atoms with Crippen molar-refractivity contribution in [3.8, 4) is 0 Å². The lowest BCUT2D eigenvalue weighted by Gasteiger charge is -2.38. The summed E-state index contributed by atoms with van der Waals surface area (Å²) in [5, 5.41) is 0. The molecule has 0 radical (unpaired) electrons. The van der Waals surface area contributed by atoms with Gasteiger partial charge in [0.2, 0.25) is 0 Å². The zero-order valence-electron chi connectivity index (χ0n) is 12.9. The summed E-state index contributed by atoms with van der Waals surface area (Å²) >= 11 is 0. The Morgan fingerprint density at radius 2 is 1.76 bits per heavy atom. The van der Waals surface area contributed by atoms with E-state index >= 15 is 0 Å². The first-order chi connectivity index (χ1) is 9.66. The third kappa shape index (κ3) is 4.43. The predicted octanol–water partition coefficient (Wildman–Crippen LogP) is 4.36. The zero-order valence-corrected chi connectivity index (χ0v) is 12.9. The summed E-state index contributed by atoms with van der Waals surface area (Å²) < 4.78 is 37.4. The fourth-order valence-corrected chi connectivity index (χ4v) is 2.90. The topological polar surface area (TPSA) is 16.1 Å². The van der Waals surface area contributed by atoms with Crippen molar-refractivity contribution in [1.29, 1.82) is 0 Å². The Bertz CT molecular complexity index is 452. The first kappa shape index (κ1) is 16.3. The van der Waals surface area contributed by atoms with Crippen LogP contribution in [0.3, 0.4) is 0 Å². The van der Waals surface area contributed by atoms with E-state index in [9.17, 15) is 13.2 Å². The summed E-state index contributed by atoms with van der Waals surface area (Å²) in [6.07, 6.45) is -0.711. The zero-order chi connectivity index (χ0) is 15.7. The fraction of sp³-hybridized carbons (Fsp3) is 0.688. The highest BCUT2D eigenvalue weighted by Gasteiger charge is 2.32. The van der Waals surface area contributed by atoms with Crippen LogP contribution in [0.2, 0.25) is 0 Å². The monoisotopic (exact) mass is 300 g/mol. The average molecular weight is 300 g/mol. The molecular formula is C16H23F3N2. The van der Waals surface area contributed by atoms with Gasteiger partial charge in [0.05, 0.1) is 0 Å². The molecule has 0 amide bonds. The maximum atomic E-state index is 12.5. The number of halogens is 3. The lowest BCUT2D eigenvalue weighted by atomic mass is 9.75. The second-order valence-electron chi connectivity index (χ2n) is 6.97. The minimum absolute atomic E-state index is 0.335. The van der Waals surface area contributed by atoms with Crippen molar-refractivity contribution in [3.63, 3.8) is 0 Å². The van der Waals surface area contributed by atoms with E-state index in [2.05, 4.69) is 30.7 Å². The van der Waals surface area contributed by atoms with Crippen LogP contribution in [0.15, 0.2) is 18.3 Å². The number of rotatable bonds is 2. The quantitative estimate of drug-likeness (QED) is 0.807.